The Kier molecular flexibility index (Phi) is 1.78. The molecule has 1 aliphatic rings. The van der Waals surface area contributed by atoms with Crippen LogP contribution in [0.1, 0.15) is 16.8 Å². The van der Waals surface area contributed by atoms with Crippen LogP contribution >= 0.6 is 0 Å². The number of carbonyl (C=O) groups excluding carboxylic acids is 1. The van der Waals surface area contributed by atoms with Crippen molar-refractivity contribution in [3.05, 3.63) is 36.1 Å². The summed E-state index contributed by atoms with van der Waals surface area (Å²) in [4.78, 5) is 13.8. The van der Waals surface area contributed by atoms with E-state index in [0.717, 1.165) is 30.5 Å². The van der Waals surface area contributed by atoms with Gasteiger partial charge in [0.2, 0.25) is 0 Å². The fourth-order valence-corrected chi connectivity index (χ4v) is 1.83. The average Bonchev–Trinajstić information content (AvgIpc) is 2.58. The summed E-state index contributed by atoms with van der Waals surface area (Å²) in [7, 11) is 0. The number of hydrogen-bond donors (Lipinski definition) is 0. The molecule has 3 nitrogen and oxygen atoms in total. The molecule has 3 rings (SSSR count). The van der Waals surface area contributed by atoms with Gasteiger partial charge >= 0.3 is 0 Å². The third-order valence-corrected chi connectivity index (χ3v) is 2.85. The SMILES string of the molecule is O=C(c1coc2ccccc12)N1CCC1. The van der Waals surface area contributed by atoms with Crippen molar-refractivity contribution in [2.45, 2.75) is 6.42 Å². The van der Waals surface area contributed by atoms with E-state index in [1.165, 1.54) is 0 Å². The third kappa shape index (κ3) is 1.23. The molecule has 0 unspecified atom stereocenters. The fraction of sp³-hybridized carbons (Fsp3) is 0.250. The monoisotopic (exact) mass is 201 g/mol. The first-order valence-electron chi connectivity index (χ1n) is 5.12. The first-order chi connectivity index (χ1) is 7.36. The van der Waals surface area contributed by atoms with E-state index in [1.807, 2.05) is 29.2 Å². The Morgan fingerprint density at radius 3 is 2.80 bits per heavy atom. The maximum atomic E-state index is 12.0. The summed E-state index contributed by atoms with van der Waals surface area (Å²) in [6, 6.07) is 7.63. The van der Waals surface area contributed by atoms with Crippen LogP contribution in [0.2, 0.25) is 0 Å². The molecule has 0 N–H and O–H groups in total. The molecule has 0 saturated carbocycles. The minimum atomic E-state index is 0.0891. The number of fused-ring (bicyclic) bond motifs is 1. The molecule has 1 fully saturated rings. The van der Waals surface area contributed by atoms with Crippen molar-refractivity contribution in [3.63, 3.8) is 0 Å². The highest BCUT2D eigenvalue weighted by Crippen LogP contribution is 2.23. The molecule has 3 heteroatoms. The summed E-state index contributed by atoms with van der Waals surface area (Å²) in [6.45, 7) is 1.75. The Balaban J connectivity index is 2.06. The van der Waals surface area contributed by atoms with Crippen molar-refractivity contribution in [1.82, 2.24) is 4.90 Å². The van der Waals surface area contributed by atoms with E-state index in [-0.39, 0.29) is 5.91 Å². The molecule has 1 saturated heterocycles. The van der Waals surface area contributed by atoms with Crippen molar-refractivity contribution in [3.8, 4) is 0 Å². The van der Waals surface area contributed by atoms with Gasteiger partial charge in [-0.15, -0.1) is 0 Å². The Hall–Kier alpha value is -1.77. The molecule has 1 aromatic heterocycles. The number of rotatable bonds is 1. The molecule has 0 bridgehead atoms. The summed E-state index contributed by atoms with van der Waals surface area (Å²) in [5, 5.41) is 0.911. The van der Waals surface area contributed by atoms with Gasteiger partial charge in [0.05, 0.1) is 5.56 Å². The second-order valence-corrected chi connectivity index (χ2v) is 3.79. The smallest absolute Gasteiger partial charge is 0.257 e. The lowest BCUT2D eigenvalue weighted by Gasteiger charge is -2.30. The molecule has 2 aromatic rings. The van der Waals surface area contributed by atoms with Gasteiger partial charge in [0.25, 0.3) is 5.91 Å². The van der Waals surface area contributed by atoms with Crippen LogP contribution in [0.5, 0.6) is 0 Å². The van der Waals surface area contributed by atoms with Crippen LogP contribution in [0.15, 0.2) is 34.9 Å². The topological polar surface area (TPSA) is 33.5 Å². The van der Waals surface area contributed by atoms with Gasteiger partial charge in [-0.1, -0.05) is 18.2 Å². The minimum Gasteiger partial charge on any atom is -0.463 e. The quantitative estimate of drug-likeness (QED) is 0.709. The third-order valence-electron chi connectivity index (χ3n) is 2.85. The number of furan rings is 1. The van der Waals surface area contributed by atoms with Crippen LogP contribution in [0.4, 0.5) is 0 Å². The summed E-state index contributed by atoms with van der Waals surface area (Å²) < 4.78 is 5.34. The van der Waals surface area contributed by atoms with Crippen LogP contribution in [-0.2, 0) is 0 Å². The fourth-order valence-electron chi connectivity index (χ4n) is 1.83. The lowest BCUT2D eigenvalue weighted by atomic mass is 10.1. The molecule has 0 atom stereocenters. The number of nitrogens with zero attached hydrogens (tertiary/aromatic N) is 1. The molecule has 0 radical (unpaired) electrons. The number of benzene rings is 1. The molecular weight excluding hydrogens is 190 g/mol. The van der Waals surface area contributed by atoms with E-state index in [1.54, 1.807) is 6.26 Å². The first-order valence-corrected chi connectivity index (χ1v) is 5.12. The molecule has 1 aromatic carbocycles. The molecular formula is C12H11NO2. The molecule has 15 heavy (non-hydrogen) atoms. The molecule has 1 amide bonds. The number of carbonyl (C=O) groups is 1. The Labute approximate surface area is 87.3 Å². The standard InChI is InChI=1S/C12H11NO2/c14-12(13-6-3-7-13)10-8-15-11-5-2-1-4-9(10)11/h1-2,4-5,8H,3,6-7H2. The second-order valence-electron chi connectivity index (χ2n) is 3.79. The number of hydrogen-bond acceptors (Lipinski definition) is 2. The van der Waals surface area contributed by atoms with Gasteiger partial charge < -0.3 is 9.32 Å². The number of para-hydroxylation sites is 1. The Bertz CT molecular complexity index is 511. The molecule has 0 spiro atoms. The van der Waals surface area contributed by atoms with E-state index in [4.69, 9.17) is 4.42 Å². The van der Waals surface area contributed by atoms with Crippen LogP contribution < -0.4 is 0 Å². The average molecular weight is 201 g/mol. The summed E-state index contributed by atoms with van der Waals surface area (Å²) in [6.07, 6.45) is 2.67. The molecule has 1 aliphatic heterocycles. The predicted molar refractivity (Wildman–Crippen MR) is 56.7 cm³/mol. The summed E-state index contributed by atoms with van der Waals surface area (Å²) >= 11 is 0. The van der Waals surface area contributed by atoms with Crippen molar-refractivity contribution in [2.24, 2.45) is 0 Å². The van der Waals surface area contributed by atoms with Crippen molar-refractivity contribution in [1.29, 1.82) is 0 Å². The van der Waals surface area contributed by atoms with Crippen LogP contribution in [0.3, 0.4) is 0 Å². The normalized spacial score (nSPS) is 15.3. The molecule has 0 aliphatic carbocycles. The van der Waals surface area contributed by atoms with Crippen molar-refractivity contribution >= 4 is 16.9 Å². The zero-order valence-electron chi connectivity index (χ0n) is 8.27. The first kappa shape index (κ1) is 8.53. The Morgan fingerprint density at radius 2 is 2.07 bits per heavy atom. The minimum absolute atomic E-state index is 0.0891. The zero-order valence-corrected chi connectivity index (χ0v) is 8.27. The Morgan fingerprint density at radius 1 is 1.27 bits per heavy atom. The molecule has 2 heterocycles. The van der Waals surface area contributed by atoms with Gasteiger partial charge in [0, 0.05) is 18.5 Å². The van der Waals surface area contributed by atoms with E-state index in [9.17, 15) is 4.79 Å². The summed E-state index contributed by atoms with van der Waals surface area (Å²) in [5.74, 6) is 0.0891. The van der Waals surface area contributed by atoms with E-state index in [2.05, 4.69) is 0 Å². The van der Waals surface area contributed by atoms with Gasteiger partial charge in [-0.05, 0) is 12.5 Å². The summed E-state index contributed by atoms with van der Waals surface area (Å²) in [5.41, 5.74) is 1.46. The number of amides is 1. The van der Waals surface area contributed by atoms with Crippen molar-refractivity contribution < 1.29 is 9.21 Å². The maximum absolute atomic E-state index is 12.0. The lowest BCUT2D eigenvalue weighted by molar-refractivity contribution is 0.0653. The number of likely N-dealkylation sites (tertiary alicyclic amines) is 1. The van der Waals surface area contributed by atoms with E-state index < -0.39 is 0 Å². The maximum Gasteiger partial charge on any atom is 0.257 e. The van der Waals surface area contributed by atoms with Crippen LogP contribution in [0.25, 0.3) is 11.0 Å². The largest absolute Gasteiger partial charge is 0.463 e. The van der Waals surface area contributed by atoms with E-state index in [0.29, 0.717) is 5.56 Å². The predicted octanol–water partition coefficient (Wildman–Crippen LogP) is 2.28. The highest BCUT2D eigenvalue weighted by Gasteiger charge is 2.24. The van der Waals surface area contributed by atoms with Gasteiger partial charge in [-0.3, -0.25) is 4.79 Å². The van der Waals surface area contributed by atoms with Gasteiger partial charge in [-0.2, -0.15) is 0 Å². The van der Waals surface area contributed by atoms with Crippen molar-refractivity contribution in [2.75, 3.05) is 13.1 Å². The van der Waals surface area contributed by atoms with Gasteiger partial charge in [0.1, 0.15) is 11.8 Å². The van der Waals surface area contributed by atoms with Crippen LogP contribution in [-0.4, -0.2) is 23.9 Å². The second kappa shape index (κ2) is 3.12. The van der Waals surface area contributed by atoms with Gasteiger partial charge in [0.15, 0.2) is 0 Å². The highest BCUT2D eigenvalue weighted by atomic mass is 16.3. The van der Waals surface area contributed by atoms with E-state index >= 15 is 0 Å². The highest BCUT2D eigenvalue weighted by molar-refractivity contribution is 6.06. The van der Waals surface area contributed by atoms with Crippen LogP contribution in [0, 0.1) is 0 Å². The zero-order chi connectivity index (χ0) is 10.3. The molecule has 76 valence electrons. The lowest BCUT2D eigenvalue weighted by Crippen LogP contribution is -2.41. The van der Waals surface area contributed by atoms with Gasteiger partial charge in [-0.25, -0.2) is 0 Å².